The van der Waals surface area contributed by atoms with Crippen LogP contribution in [0, 0.1) is 0 Å². The van der Waals surface area contributed by atoms with Crippen molar-refractivity contribution in [1.29, 1.82) is 0 Å². The van der Waals surface area contributed by atoms with Crippen LogP contribution in [0.3, 0.4) is 0 Å². The first-order valence-electron chi connectivity index (χ1n) is 6.69. The number of rotatable bonds is 6. The van der Waals surface area contributed by atoms with Crippen LogP contribution in [0.5, 0.6) is 5.75 Å². The lowest BCUT2D eigenvalue weighted by Gasteiger charge is -2.26. The summed E-state index contributed by atoms with van der Waals surface area (Å²) in [4.78, 5) is 13.9. The van der Waals surface area contributed by atoms with E-state index in [-0.39, 0.29) is 24.9 Å². The molecule has 0 radical (unpaired) electrons. The summed E-state index contributed by atoms with van der Waals surface area (Å²) in [6, 6.07) is 7.41. The number of carbonyl (C=O) groups excluding carboxylic acids is 1. The highest BCUT2D eigenvalue weighted by molar-refractivity contribution is 9.10. The Kier molecular flexibility index (Phi) is 8.68. The van der Waals surface area contributed by atoms with Crippen molar-refractivity contribution in [2.75, 3.05) is 46.0 Å². The van der Waals surface area contributed by atoms with E-state index >= 15 is 0 Å². The molecule has 1 aliphatic heterocycles. The molecule has 0 unspecified atom stereocenters. The third kappa shape index (κ3) is 7.13. The third-order valence-corrected chi connectivity index (χ3v) is 3.57. The molecule has 1 aromatic carbocycles. The highest BCUT2D eigenvalue weighted by Crippen LogP contribution is 2.15. The summed E-state index contributed by atoms with van der Waals surface area (Å²) in [5.41, 5.74) is 0. The van der Waals surface area contributed by atoms with E-state index in [1.54, 1.807) is 0 Å². The fraction of sp³-hybridized carbons (Fsp3) is 0.500. The lowest BCUT2D eigenvalue weighted by Crippen LogP contribution is -3.00. The lowest BCUT2D eigenvalue weighted by atomic mass is 10.3. The fourth-order valence-electron chi connectivity index (χ4n) is 1.91. The highest BCUT2D eigenvalue weighted by atomic mass is 79.9. The van der Waals surface area contributed by atoms with Crippen molar-refractivity contribution >= 4 is 21.8 Å². The number of hydrogen-bond acceptors (Lipinski definition) is 4. The Labute approximate surface area is 139 Å². The zero-order chi connectivity index (χ0) is 14.2. The van der Waals surface area contributed by atoms with Crippen molar-refractivity contribution in [2.24, 2.45) is 0 Å². The topological polar surface area (TPSA) is 50.8 Å². The van der Waals surface area contributed by atoms with Gasteiger partial charge >= 0.3 is 0 Å². The Morgan fingerprint density at radius 3 is 2.62 bits per heavy atom. The summed E-state index contributed by atoms with van der Waals surface area (Å²) in [6.07, 6.45) is 0. The minimum atomic E-state index is -0.0961. The van der Waals surface area contributed by atoms with Crippen LogP contribution < -0.4 is 22.5 Å². The maximum Gasteiger partial charge on any atom is 0.257 e. The summed E-state index contributed by atoms with van der Waals surface area (Å²) < 4.78 is 11.7. The second kappa shape index (κ2) is 10.00. The summed E-state index contributed by atoms with van der Waals surface area (Å²) in [5.74, 6) is 0.595. The molecule has 5 nitrogen and oxygen atoms in total. The molecule has 1 aliphatic rings. The first-order chi connectivity index (χ1) is 9.74. The maximum atomic E-state index is 11.6. The van der Waals surface area contributed by atoms with Gasteiger partial charge in [0.05, 0.1) is 13.2 Å². The number of carbonyl (C=O) groups is 1. The molecule has 1 N–H and O–H groups in total. The number of nitrogens with one attached hydrogen (secondary N) is 1. The molecule has 0 bridgehead atoms. The van der Waals surface area contributed by atoms with Gasteiger partial charge in [-0.05, 0) is 24.3 Å². The van der Waals surface area contributed by atoms with Crippen molar-refractivity contribution in [2.45, 2.75) is 0 Å². The second-order valence-electron chi connectivity index (χ2n) is 4.55. The van der Waals surface area contributed by atoms with E-state index in [1.165, 1.54) is 0 Å². The van der Waals surface area contributed by atoms with E-state index in [0.717, 1.165) is 37.3 Å². The zero-order valence-electron chi connectivity index (χ0n) is 11.7. The smallest absolute Gasteiger partial charge is 0.257 e. The molecule has 21 heavy (non-hydrogen) atoms. The van der Waals surface area contributed by atoms with Gasteiger partial charge in [0.1, 0.15) is 5.75 Å². The van der Waals surface area contributed by atoms with Crippen LogP contribution in [0.25, 0.3) is 0 Å². The monoisotopic (exact) mass is 377 g/mol. The predicted octanol–water partition coefficient (Wildman–Crippen LogP) is -1.72. The van der Waals surface area contributed by atoms with Crippen LogP contribution in [0.1, 0.15) is 0 Å². The molecule has 0 aromatic heterocycles. The number of benzene rings is 1. The Morgan fingerprint density at radius 1 is 1.29 bits per heavy atom. The van der Waals surface area contributed by atoms with Gasteiger partial charge in [-0.25, -0.2) is 0 Å². The Hall–Kier alpha value is -0.820. The lowest BCUT2D eigenvalue weighted by molar-refractivity contribution is -0.123. The van der Waals surface area contributed by atoms with Crippen LogP contribution in [0.15, 0.2) is 28.7 Å². The third-order valence-electron chi connectivity index (χ3n) is 3.04. The minimum Gasteiger partial charge on any atom is -1.00 e. The van der Waals surface area contributed by atoms with E-state index in [9.17, 15) is 4.79 Å². The predicted molar refractivity (Wildman–Crippen MR) is 79.9 cm³/mol. The molecule has 1 fully saturated rings. The van der Waals surface area contributed by atoms with Gasteiger partial charge in [0.2, 0.25) is 0 Å². The first-order valence-corrected chi connectivity index (χ1v) is 7.48. The van der Waals surface area contributed by atoms with Gasteiger partial charge in [0, 0.05) is 30.7 Å². The van der Waals surface area contributed by atoms with E-state index in [2.05, 4.69) is 26.1 Å². The minimum absolute atomic E-state index is 0. The SMILES string of the molecule is O=C(COc1ccc(Br)cc1)NCCN1CCOCC1.[Cl-]. The summed E-state index contributed by atoms with van der Waals surface area (Å²) in [5, 5.41) is 2.86. The van der Waals surface area contributed by atoms with Gasteiger partial charge in [-0.2, -0.15) is 0 Å². The molecule has 1 amide bonds. The molecular formula is C14H19BrClN2O3-. The number of ether oxygens (including phenoxy) is 2. The summed E-state index contributed by atoms with van der Waals surface area (Å²) in [7, 11) is 0. The summed E-state index contributed by atoms with van der Waals surface area (Å²) in [6.45, 7) is 4.97. The molecular weight excluding hydrogens is 360 g/mol. The van der Waals surface area contributed by atoms with Crippen LogP contribution in [-0.2, 0) is 9.53 Å². The average molecular weight is 379 g/mol. The van der Waals surface area contributed by atoms with E-state index in [0.29, 0.717) is 12.3 Å². The second-order valence-corrected chi connectivity index (χ2v) is 5.46. The van der Waals surface area contributed by atoms with Crippen molar-refractivity contribution in [3.63, 3.8) is 0 Å². The van der Waals surface area contributed by atoms with Crippen molar-refractivity contribution in [3.05, 3.63) is 28.7 Å². The van der Waals surface area contributed by atoms with Crippen molar-refractivity contribution < 1.29 is 26.7 Å². The Balaban J connectivity index is 0.00000220. The molecule has 118 valence electrons. The number of amides is 1. The van der Waals surface area contributed by atoms with Gasteiger partial charge in [-0.15, -0.1) is 0 Å². The number of halogens is 2. The standard InChI is InChI=1S/C14H19BrN2O3.ClH/c15-12-1-3-13(4-2-12)20-11-14(18)16-5-6-17-7-9-19-10-8-17;/h1-4H,5-11H2,(H,16,18);1H/p-1. The van der Waals surface area contributed by atoms with Gasteiger partial charge in [-0.3, -0.25) is 9.69 Å². The van der Waals surface area contributed by atoms with E-state index in [1.807, 2.05) is 24.3 Å². The number of morpholine rings is 1. The van der Waals surface area contributed by atoms with Gasteiger partial charge < -0.3 is 27.2 Å². The molecule has 1 heterocycles. The molecule has 0 spiro atoms. The van der Waals surface area contributed by atoms with Crippen LogP contribution in [0.2, 0.25) is 0 Å². The van der Waals surface area contributed by atoms with Crippen LogP contribution in [0.4, 0.5) is 0 Å². The highest BCUT2D eigenvalue weighted by Gasteiger charge is 2.10. The van der Waals surface area contributed by atoms with E-state index < -0.39 is 0 Å². The fourth-order valence-corrected chi connectivity index (χ4v) is 2.17. The number of nitrogens with zero attached hydrogens (tertiary/aromatic N) is 1. The molecule has 1 aromatic rings. The van der Waals surface area contributed by atoms with Gasteiger partial charge in [0.25, 0.3) is 5.91 Å². The largest absolute Gasteiger partial charge is 1.00 e. The molecule has 1 saturated heterocycles. The maximum absolute atomic E-state index is 11.6. The zero-order valence-corrected chi connectivity index (χ0v) is 14.0. The summed E-state index contributed by atoms with van der Waals surface area (Å²) >= 11 is 3.35. The molecule has 0 aliphatic carbocycles. The Bertz CT molecular complexity index is 425. The molecule has 0 saturated carbocycles. The van der Waals surface area contributed by atoms with Crippen molar-refractivity contribution in [3.8, 4) is 5.75 Å². The quantitative estimate of drug-likeness (QED) is 0.640. The first kappa shape index (κ1) is 18.2. The average Bonchev–Trinajstić information content (AvgIpc) is 2.48. The normalized spacial score (nSPS) is 15.1. The van der Waals surface area contributed by atoms with E-state index in [4.69, 9.17) is 9.47 Å². The molecule has 0 atom stereocenters. The van der Waals surface area contributed by atoms with Gasteiger partial charge in [-0.1, -0.05) is 15.9 Å². The van der Waals surface area contributed by atoms with Crippen LogP contribution >= 0.6 is 15.9 Å². The van der Waals surface area contributed by atoms with Crippen LogP contribution in [-0.4, -0.2) is 56.8 Å². The van der Waals surface area contributed by atoms with Gasteiger partial charge in [0.15, 0.2) is 6.61 Å². The molecule has 7 heteroatoms. The van der Waals surface area contributed by atoms with Crippen molar-refractivity contribution in [1.82, 2.24) is 10.2 Å². The Morgan fingerprint density at radius 2 is 1.95 bits per heavy atom. The molecule has 2 rings (SSSR count). The number of hydrogen-bond donors (Lipinski definition) is 1.